The van der Waals surface area contributed by atoms with Crippen LogP contribution in [0.25, 0.3) is 0 Å². The first-order chi connectivity index (χ1) is 7.15. The molecule has 2 heteroatoms. The Morgan fingerprint density at radius 3 is 2.87 bits per heavy atom. The standard InChI is InChI=1S/C13H17NO/c1-9-4-5-11-8-12(6-7-15)14(3)13(11)10(9)2/h4-5,7,12H,6,8H2,1-3H3. The molecule has 0 N–H and O–H groups in total. The van der Waals surface area contributed by atoms with Gasteiger partial charge in [-0.2, -0.15) is 0 Å². The van der Waals surface area contributed by atoms with Crippen molar-refractivity contribution in [3.05, 3.63) is 28.8 Å². The Labute approximate surface area is 90.9 Å². The molecule has 1 atom stereocenters. The molecule has 0 aromatic heterocycles. The van der Waals surface area contributed by atoms with Crippen molar-refractivity contribution >= 4 is 12.0 Å². The van der Waals surface area contributed by atoms with Crippen molar-refractivity contribution in [2.75, 3.05) is 11.9 Å². The van der Waals surface area contributed by atoms with Crippen molar-refractivity contribution in [3.8, 4) is 0 Å². The molecule has 1 aliphatic rings. The largest absolute Gasteiger partial charge is 0.370 e. The summed E-state index contributed by atoms with van der Waals surface area (Å²) in [7, 11) is 2.09. The van der Waals surface area contributed by atoms with Gasteiger partial charge in [0.05, 0.1) is 0 Å². The highest BCUT2D eigenvalue weighted by atomic mass is 16.1. The topological polar surface area (TPSA) is 20.3 Å². The van der Waals surface area contributed by atoms with Gasteiger partial charge < -0.3 is 9.69 Å². The minimum Gasteiger partial charge on any atom is -0.370 e. The van der Waals surface area contributed by atoms with Crippen molar-refractivity contribution < 1.29 is 4.79 Å². The van der Waals surface area contributed by atoms with Crippen molar-refractivity contribution in [2.45, 2.75) is 32.7 Å². The van der Waals surface area contributed by atoms with Crippen LogP contribution in [0.4, 0.5) is 5.69 Å². The zero-order valence-corrected chi connectivity index (χ0v) is 9.58. The summed E-state index contributed by atoms with van der Waals surface area (Å²) in [5, 5.41) is 0. The summed E-state index contributed by atoms with van der Waals surface area (Å²) < 4.78 is 0. The second kappa shape index (κ2) is 3.69. The van der Waals surface area contributed by atoms with Gasteiger partial charge in [0.2, 0.25) is 0 Å². The first-order valence-corrected chi connectivity index (χ1v) is 5.40. The number of nitrogens with zero attached hydrogens (tertiary/aromatic N) is 1. The van der Waals surface area contributed by atoms with E-state index in [4.69, 9.17) is 0 Å². The number of aldehydes is 1. The van der Waals surface area contributed by atoms with E-state index in [2.05, 4.69) is 37.9 Å². The Morgan fingerprint density at radius 1 is 1.47 bits per heavy atom. The second-order valence-corrected chi connectivity index (χ2v) is 4.39. The van der Waals surface area contributed by atoms with E-state index in [1.54, 1.807) is 0 Å². The Balaban J connectivity index is 2.41. The van der Waals surface area contributed by atoms with Gasteiger partial charge in [0.25, 0.3) is 0 Å². The first-order valence-electron chi connectivity index (χ1n) is 5.40. The molecule has 0 bridgehead atoms. The molecule has 2 nitrogen and oxygen atoms in total. The van der Waals surface area contributed by atoms with Crippen molar-refractivity contribution in [1.82, 2.24) is 0 Å². The van der Waals surface area contributed by atoms with Gasteiger partial charge in [-0.15, -0.1) is 0 Å². The number of aryl methyl sites for hydroxylation is 1. The molecule has 0 aliphatic carbocycles. The second-order valence-electron chi connectivity index (χ2n) is 4.39. The van der Waals surface area contributed by atoms with E-state index >= 15 is 0 Å². The summed E-state index contributed by atoms with van der Waals surface area (Å²) in [6.07, 6.45) is 2.66. The van der Waals surface area contributed by atoms with Gasteiger partial charge in [0, 0.05) is 25.2 Å². The van der Waals surface area contributed by atoms with Crippen molar-refractivity contribution in [3.63, 3.8) is 0 Å². The smallest absolute Gasteiger partial charge is 0.122 e. The molecular formula is C13H17NO. The van der Waals surface area contributed by atoms with Crippen LogP contribution in [-0.4, -0.2) is 19.4 Å². The quantitative estimate of drug-likeness (QED) is 0.687. The van der Waals surface area contributed by atoms with Crippen LogP contribution in [0.2, 0.25) is 0 Å². The molecule has 0 saturated carbocycles. The van der Waals surface area contributed by atoms with Crippen LogP contribution in [0.1, 0.15) is 23.1 Å². The van der Waals surface area contributed by atoms with Crippen LogP contribution in [-0.2, 0) is 11.2 Å². The Morgan fingerprint density at radius 2 is 2.20 bits per heavy atom. The number of carbonyl (C=O) groups excluding carboxylic acids is 1. The molecule has 80 valence electrons. The Bertz CT molecular complexity index is 398. The van der Waals surface area contributed by atoms with Crippen LogP contribution >= 0.6 is 0 Å². The Hall–Kier alpha value is -1.31. The maximum Gasteiger partial charge on any atom is 0.122 e. The lowest BCUT2D eigenvalue weighted by Gasteiger charge is -2.22. The van der Waals surface area contributed by atoms with Gasteiger partial charge in [0.15, 0.2) is 0 Å². The van der Waals surface area contributed by atoms with Crippen LogP contribution in [0, 0.1) is 13.8 Å². The van der Waals surface area contributed by atoms with Crippen LogP contribution in [0.5, 0.6) is 0 Å². The van der Waals surface area contributed by atoms with Crippen LogP contribution in [0.15, 0.2) is 12.1 Å². The van der Waals surface area contributed by atoms with E-state index < -0.39 is 0 Å². The van der Waals surface area contributed by atoms with E-state index in [0.29, 0.717) is 12.5 Å². The van der Waals surface area contributed by atoms with E-state index in [1.807, 2.05) is 0 Å². The predicted octanol–water partition coefficient (Wildman–Crippen LogP) is 2.25. The third-order valence-corrected chi connectivity index (χ3v) is 3.51. The summed E-state index contributed by atoms with van der Waals surface area (Å²) in [6.45, 7) is 4.30. The molecule has 1 heterocycles. The molecule has 0 fully saturated rings. The molecule has 0 saturated heterocycles. The third kappa shape index (κ3) is 1.54. The van der Waals surface area contributed by atoms with Gasteiger partial charge in [-0.05, 0) is 37.0 Å². The molecule has 1 aliphatic heterocycles. The fourth-order valence-corrected chi connectivity index (χ4v) is 2.44. The van der Waals surface area contributed by atoms with Crippen molar-refractivity contribution in [1.29, 1.82) is 0 Å². The average molecular weight is 203 g/mol. The van der Waals surface area contributed by atoms with Gasteiger partial charge in [-0.1, -0.05) is 12.1 Å². The van der Waals surface area contributed by atoms with Gasteiger partial charge in [-0.3, -0.25) is 0 Å². The number of likely N-dealkylation sites (N-methyl/N-ethyl adjacent to an activating group) is 1. The highest BCUT2D eigenvalue weighted by molar-refractivity contribution is 5.67. The summed E-state index contributed by atoms with van der Waals surface area (Å²) >= 11 is 0. The lowest BCUT2D eigenvalue weighted by Crippen LogP contribution is -2.28. The number of hydrogen-bond donors (Lipinski definition) is 0. The number of fused-ring (bicyclic) bond motifs is 1. The maximum absolute atomic E-state index is 10.6. The van der Waals surface area contributed by atoms with Crippen LogP contribution < -0.4 is 4.90 Å². The first kappa shape index (κ1) is 10.2. The zero-order valence-electron chi connectivity index (χ0n) is 9.58. The molecule has 0 radical (unpaired) electrons. The lowest BCUT2D eigenvalue weighted by atomic mass is 10.0. The molecule has 0 amide bonds. The van der Waals surface area contributed by atoms with E-state index in [-0.39, 0.29) is 0 Å². The summed E-state index contributed by atoms with van der Waals surface area (Å²) in [4.78, 5) is 12.8. The fraction of sp³-hybridized carbons (Fsp3) is 0.462. The fourth-order valence-electron chi connectivity index (χ4n) is 2.44. The molecule has 1 unspecified atom stereocenters. The number of carbonyl (C=O) groups is 1. The van der Waals surface area contributed by atoms with E-state index in [0.717, 1.165) is 12.7 Å². The van der Waals surface area contributed by atoms with E-state index in [1.165, 1.54) is 22.4 Å². The minimum atomic E-state index is 0.359. The number of anilines is 1. The van der Waals surface area contributed by atoms with E-state index in [9.17, 15) is 4.79 Å². The molecule has 0 spiro atoms. The minimum absolute atomic E-state index is 0.359. The highest BCUT2D eigenvalue weighted by Gasteiger charge is 2.27. The molecule has 2 rings (SSSR count). The molecule has 1 aromatic carbocycles. The third-order valence-electron chi connectivity index (χ3n) is 3.51. The van der Waals surface area contributed by atoms with Gasteiger partial charge >= 0.3 is 0 Å². The molecule has 1 aromatic rings. The summed E-state index contributed by atoms with van der Waals surface area (Å²) in [6, 6.07) is 4.72. The molecular weight excluding hydrogens is 186 g/mol. The normalized spacial score (nSPS) is 19.1. The number of benzene rings is 1. The predicted molar refractivity (Wildman–Crippen MR) is 62.5 cm³/mol. The lowest BCUT2D eigenvalue weighted by molar-refractivity contribution is -0.108. The average Bonchev–Trinajstić information content (AvgIpc) is 2.52. The van der Waals surface area contributed by atoms with Crippen molar-refractivity contribution in [2.24, 2.45) is 0 Å². The SMILES string of the molecule is Cc1ccc2c(c1C)N(C)C(CC=O)C2. The van der Waals surface area contributed by atoms with Gasteiger partial charge in [-0.25, -0.2) is 0 Å². The number of hydrogen-bond acceptors (Lipinski definition) is 2. The highest BCUT2D eigenvalue weighted by Crippen LogP contribution is 2.36. The Kier molecular flexibility index (Phi) is 2.51. The summed E-state index contributed by atoms with van der Waals surface area (Å²) in [5.41, 5.74) is 5.39. The molecule has 15 heavy (non-hydrogen) atoms. The zero-order chi connectivity index (χ0) is 11.0. The maximum atomic E-state index is 10.6. The van der Waals surface area contributed by atoms with Crippen LogP contribution in [0.3, 0.4) is 0 Å². The summed E-state index contributed by atoms with van der Waals surface area (Å²) in [5.74, 6) is 0. The monoisotopic (exact) mass is 203 g/mol. The number of rotatable bonds is 2. The van der Waals surface area contributed by atoms with Gasteiger partial charge in [0.1, 0.15) is 6.29 Å².